The third-order valence-corrected chi connectivity index (χ3v) is 5.16. The highest BCUT2D eigenvalue weighted by atomic mass is 35.5. The van der Waals surface area contributed by atoms with Crippen LogP contribution in [-0.2, 0) is 19.5 Å². The summed E-state index contributed by atoms with van der Waals surface area (Å²) >= 11 is 5.88. The molecule has 0 unspecified atom stereocenters. The molecule has 2 aromatic carbocycles. The number of fused-ring (bicyclic) bond motifs is 1. The van der Waals surface area contributed by atoms with Crippen molar-refractivity contribution in [3.63, 3.8) is 0 Å². The van der Waals surface area contributed by atoms with Crippen molar-refractivity contribution in [3.05, 3.63) is 82.1 Å². The van der Waals surface area contributed by atoms with Crippen LogP contribution in [0.1, 0.15) is 27.3 Å². The van der Waals surface area contributed by atoms with Crippen molar-refractivity contribution in [1.29, 1.82) is 0 Å². The minimum atomic E-state index is -1.10. The number of urea groups is 1. The standard InChI is InChI=1S/C21H19ClN4O3/c22-15-8-6-14(7-9-15)12-23-21(29)25-11-10-18-17(13-25)19(20(27)28)24-26(18)16-4-2-1-3-5-16/h1-9H,10-13H2,(H,23,29)(H,27,28). The monoisotopic (exact) mass is 410 g/mol. The quantitative estimate of drug-likeness (QED) is 0.689. The molecule has 0 saturated heterocycles. The number of halogens is 1. The first kappa shape index (κ1) is 19.0. The van der Waals surface area contributed by atoms with Gasteiger partial charge in [-0.25, -0.2) is 14.3 Å². The molecule has 1 aliphatic heterocycles. The maximum atomic E-state index is 12.6. The summed E-state index contributed by atoms with van der Waals surface area (Å²) < 4.78 is 1.67. The van der Waals surface area contributed by atoms with E-state index in [0.717, 1.165) is 16.9 Å². The van der Waals surface area contributed by atoms with E-state index in [0.29, 0.717) is 30.1 Å². The molecular weight excluding hydrogens is 392 g/mol. The van der Waals surface area contributed by atoms with Gasteiger partial charge in [-0.15, -0.1) is 0 Å². The Labute approximate surface area is 172 Å². The largest absolute Gasteiger partial charge is 0.476 e. The second-order valence-corrected chi connectivity index (χ2v) is 7.22. The first-order valence-electron chi connectivity index (χ1n) is 9.19. The summed E-state index contributed by atoms with van der Waals surface area (Å²) in [5, 5.41) is 17.4. The fraction of sp³-hybridized carbons (Fsp3) is 0.190. The molecule has 0 atom stereocenters. The lowest BCUT2D eigenvalue weighted by atomic mass is 10.1. The van der Waals surface area contributed by atoms with Gasteiger partial charge in [0, 0.05) is 30.1 Å². The highest BCUT2D eigenvalue weighted by molar-refractivity contribution is 6.30. The van der Waals surface area contributed by atoms with Crippen LogP contribution in [0.5, 0.6) is 0 Å². The van der Waals surface area contributed by atoms with Crippen molar-refractivity contribution in [3.8, 4) is 5.69 Å². The summed E-state index contributed by atoms with van der Waals surface area (Å²) in [6.45, 7) is 1.06. The highest BCUT2D eigenvalue weighted by Gasteiger charge is 2.30. The van der Waals surface area contributed by atoms with Gasteiger partial charge in [-0.2, -0.15) is 5.10 Å². The lowest BCUT2D eigenvalue weighted by Crippen LogP contribution is -2.42. The second-order valence-electron chi connectivity index (χ2n) is 6.78. The Hall–Kier alpha value is -3.32. The van der Waals surface area contributed by atoms with Crippen LogP contribution in [0, 0.1) is 0 Å². The van der Waals surface area contributed by atoms with Crippen molar-refractivity contribution in [2.75, 3.05) is 6.54 Å². The molecule has 2 N–H and O–H groups in total. The molecule has 29 heavy (non-hydrogen) atoms. The number of hydrogen-bond donors (Lipinski definition) is 2. The van der Waals surface area contributed by atoms with E-state index in [4.69, 9.17) is 11.6 Å². The molecule has 2 heterocycles. The van der Waals surface area contributed by atoms with E-state index in [9.17, 15) is 14.7 Å². The number of nitrogens with zero attached hydrogens (tertiary/aromatic N) is 3. The Morgan fingerprint density at radius 3 is 2.52 bits per heavy atom. The van der Waals surface area contributed by atoms with Gasteiger partial charge in [0.1, 0.15) is 0 Å². The Morgan fingerprint density at radius 2 is 1.83 bits per heavy atom. The normalized spacial score (nSPS) is 13.1. The predicted molar refractivity (Wildman–Crippen MR) is 108 cm³/mol. The molecule has 0 bridgehead atoms. The van der Waals surface area contributed by atoms with E-state index in [-0.39, 0.29) is 18.3 Å². The van der Waals surface area contributed by atoms with Gasteiger partial charge in [0.05, 0.1) is 17.9 Å². The van der Waals surface area contributed by atoms with Crippen LogP contribution in [0.3, 0.4) is 0 Å². The molecule has 0 aliphatic carbocycles. The highest BCUT2D eigenvalue weighted by Crippen LogP contribution is 2.25. The molecule has 8 heteroatoms. The van der Waals surface area contributed by atoms with Gasteiger partial charge in [-0.3, -0.25) is 0 Å². The number of para-hydroxylation sites is 1. The van der Waals surface area contributed by atoms with Gasteiger partial charge in [0.25, 0.3) is 0 Å². The minimum absolute atomic E-state index is 0.0148. The summed E-state index contributed by atoms with van der Waals surface area (Å²) in [5.74, 6) is -1.10. The number of amides is 2. The van der Waals surface area contributed by atoms with Gasteiger partial charge >= 0.3 is 12.0 Å². The fourth-order valence-corrected chi connectivity index (χ4v) is 3.56. The molecule has 0 spiro atoms. The van der Waals surface area contributed by atoms with Gasteiger partial charge in [-0.1, -0.05) is 41.9 Å². The summed E-state index contributed by atoms with van der Waals surface area (Å²) in [6, 6.07) is 16.4. The maximum absolute atomic E-state index is 12.6. The number of carbonyl (C=O) groups excluding carboxylic acids is 1. The van der Waals surface area contributed by atoms with Gasteiger partial charge < -0.3 is 15.3 Å². The third-order valence-electron chi connectivity index (χ3n) is 4.90. The number of benzene rings is 2. The van der Waals surface area contributed by atoms with Crippen molar-refractivity contribution >= 4 is 23.6 Å². The van der Waals surface area contributed by atoms with Crippen LogP contribution < -0.4 is 5.32 Å². The summed E-state index contributed by atoms with van der Waals surface area (Å²) in [4.78, 5) is 26.0. The van der Waals surface area contributed by atoms with E-state index in [1.807, 2.05) is 42.5 Å². The number of aromatic carboxylic acids is 1. The topological polar surface area (TPSA) is 87.5 Å². The van der Waals surface area contributed by atoms with Crippen LogP contribution in [0.2, 0.25) is 5.02 Å². The third kappa shape index (κ3) is 3.95. The second kappa shape index (κ2) is 7.97. The molecule has 0 fully saturated rings. The van der Waals surface area contributed by atoms with E-state index in [2.05, 4.69) is 10.4 Å². The Morgan fingerprint density at radius 1 is 1.10 bits per heavy atom. The first-order valence-corrected chi connectivity index (χ1v) is 9.57. The zero-order valence-electron chi connectivity index (χ0n) is 15.5. The van der Waals surface area contributed by atoms with E-state index < -0.39 is 5.97 Å². The van der Waals surface area contributed by atoms with Crippen molar-refractivity contribution in [2.24, 2.45) is 0 Å². The van der Waals surface area contributed by atoms with Crippen LogP contribution in [-0.4, -0.2) is 38.3 Å². The lowest BCUT2D eigenvalue weighted by Gasteiger charge is -2.28. The average molecular weight is 411 g/mol. The van der Waals surface area contributed by atoms with Crippen molar-refractivity contribution in [2.45, 2.75) is 19.5 Å². The van der Waals surface area contributed by atoms with Crippen LogP contribution in [0.15, 0.2) is 54.6 Å². The number of nitrogens with one attached hydrogen (secondary N) is 1. The average Bonchev–Trinajstić information content (AvgIpc) is 3.13. The molecule has 148 valence electrons. The summed E-state index contributed by atoms with van der Waals surface area (Å²) in [6.07, 6.45) is 0.527. The molecule has 0 saturated carbocycles. The number of aromatic nitrogens is 2. The fourth-order valence-electron chi connectivity index (χ4n) is 3.44. The number of hydrogen-bond acceptors (Lipinski definition) is 3. The Balaban J connectivity index is 1.53. The predicted octanol–water partition coefficient (Wildman–Crippen LogP) is 3.49. The van der Waals surface area contributed by atoms with E-state index >= 15 is 0 Å². The van der Waals surface area contributed by atoms with Crippen LogP contribution in [0.25, 0.3) is 5.69 Å². The molecule has 1 aliphatic rings. The van der Waals surface area contributed by atoms with Crippen LogP contribution >= 0.6 is 11.6 Å². The zero-order chi connectivity index (χ0) is 20.4. The molecule has 1 aromatic heterocycles. The number of rotatable bonds is 4. The zero-order valence-corrected chi connectivity index (χ0v) is 16.3. The number of carboxylic acid groups (broad SMARTS) is 1. The minimum Gasteiger partial charge on any atom is -0.476 e. The molecule has 7 nitrogen and oxygen atoms in total. The van der Waals surface area contributed by atoms with Gasteiger partial charge in [0.2, 0.25) is 0 Å². The number of carbonyl (C=O) groups is 2. The molecule has 0 radical (unpaired) electrons. The SMILES string of the molecule is O=C(O)c1nn(-c2ccccc2)c2c1CN(C(=O)NCc1ccc(Cl)cc1)CC2. The molecule has 2 amide bonds. The van der Waals surface area contributed by atoms with Crippen molar-refractivity contribution < 1.29 is 14.7 Å². The molecule has 4 rings (SSSR count). The molecule has 3 aromatic rings. The number of carboxylic acids is 1. The first-order chi connectivity index (χ1) is 14.0. The molecular formula is C21H19ClN4O3. The van der Waals surface area contributed by atoms with Crippen LogP contribution in [0.4, 0.5) is 4.79 Å². The maximum Gasteiger partial charge on any atom is 0.356 e. The smallest absolute Gasteiger partial charge is 0.356 e. The Kier molecular flexibility index (Phi) is 5.22. The Bertz CT molecular complexity index is 1050. The van der Waals surface area contributed by atoms with E-state index in [1.54, 1.807) is 21.7 Å². The van der Waals surface area contributed by atoms with Gasteiger partial charge in [-0.05, 0) is 29.8 Å². The van der Waals surface area contributed by atoms with Gasteiger partial charge in [0.15, 0.2) is 5.69 Å². The van der Waals surface area contributed by atoms with Crippen molar-refractivity contribution in [1.82, 2.24) is 20.0 Å². The van der Waals surface area contributed by atoms with E-state index in [1.165, 1.54) is 0 Å². The lowest BCUT2D eigenvalue weighted by molar-refractivity contribution is 0.0687. The summed E-state index contributed by atoms with van der Waals surface area (Å²) in [7, 11) is 0. The summed E-state index contributed by atoms with van der Waals surface area (Å²) in [5.41, 5.74) is 3.13.